The first-order valence-corrected chi connectivity index (χ1v) is 9.50. The van der Waals surface area contributed by atoms with Crippen LogP contribution in [-0.4, -0.2) is 22.5 Å². The molecule has 0 unspecified atom stereocenters. The van der Waals surface area contributed by atoms with Crippen LogP contribution in [0.3, 0.4) is 0 Å². The van der Waals surface area contributed by atoms with Crippen LogP contribution in [0.25, 0.3) is 11.1 Å². The van der Waals surface area contributed by atoms with Crippen molar-refractivity contribution in [2.75, 3.05) is 23.7 Å². The average Bonchev–Trinajstić information content (AvgIpc) is 2.62. The average molecular weight is 370 g/mol. The number of sulfonamides is 1. The Kier molecular flexibility index (Phi) is 4.95. The van der Waals surface area contributed by atoms with Crippen LogP contribution >= 0.6 is 0 Å². The van der Waals surface area contributed by atoms with Crippen LogP contribution in [-0.2, 0) is 10.0 Å². The number of benzene rings is 3. The van der Waals surface area contributed by atoms with Gasteiger partial charge in [-0.1, -0.05) is 24.3 Å². The third-order valence-electron chi connectivity index (χ3n) is 3.96. The van der Waals surface area contributed by atoms with Gasteiger partial charge in [-0.05, 0) is 59.7 Å². The van der Waals surface area contributed by atoms with Crippen molar-refractivity contribution in [2.24, 2.45) is 0 Å². The topological polar surface area (TPSA) is 49.4 Å². The molecule has 0 spiro atoms. The van der Waals surface area contributed by atoms with Gasteiger partial charge in [0.05, 0.1) is 4.90 Å². The fourth-order valence-electron chi connectivity index (χ4n) is 2.53. The number of nitrogens with zero attached hydrogens (tertiary/aromatic N) is 1. The van der Waals surface area contributed by atoms with E-state index in [9.17, 15) is 12.8 Å². The van der Waals surface area contributed by atoms with Crippen LogP contribution in [0.2, 0.25) is 0 Å². The van der Waals surface area contributed by atoms with Crippen molar-refractivity contribution in [3.05, 3.63) is 78.6 Å². The lowest BCUT2D eigenvalue weighted by Gasteiger charge is -2.14. The molecule has 0 aromatic heterocycles. The van der Waals surface area contributed by atoms with Gasteiger partial charge in [-0.3, -0.25) is 4.72 Å². The number of hydrogen-bond acceptors (Lipinski definition) is 3. The van der Waals surface area contributed by atoms with E-state index in [-0.39, 0.29) is 10.7 Å². The lowest BCUT2D eigenvalue weighted by Crippen LogP contribution is -2.13. The predicted octanol–water partition coefficient (Wildman–Crippen LogP) is 4.36. The molecule has 0 saturated heterocycles. The van der Waals surface area contributed by atoms with Crippen molar-refractivity contribution in [3.63, 3.8) is 0 Å². The van der Waals surface area contributed by atoms with Gasteiger partial charge in [0.15, 0.2) is 0 Å². The van der Waals surface area contributed by atoms with Gasteiger partial charge in [0.25, 0.3) is 10.0 Å². The maximum Gasteiger partial charge on any atom is 0.261 e. The lowest BCUT2D eigenvalue weighted by molar-refractivity contribution is 0.601. The van der Waals surface area contributed by atoms with Crippen LogP contribution in [0.15, 0.2) is 77.7 Å². The maximum atomic E-state index is 13.1. The van der Waals surface area contributed by atoms with Crippen LogP contribution < -0.4 is 9.62 Å². The van der Waals surface area contributed by atoms with Gasteiger partial charge in [0.1, 0.15) is 5.82 Å². The highest BCUT2D eigenvalue weighted by molar-refractivity contribution is 7.92. The van der Waals surface area contributed by atoms with Gasteiger partial charge in [-0.25, -0.2) is 12.8 Å². The summed E-state index contributed by atoms with van der Waals surface area (Å²) in [6.07, 6.45) is 0. The lowest BCUT2D eigenvalue weighted by atomic mass is 10.1. The van der Waals surface area contributed by atoms with E-state index >= 15 is 0 Å². The molecule has 1 N–H and O–H groups in total. The molecule has 26 heavy (non-hydrogen) atoms. The molecule has 3 rings (SSSR count). The van der Waals surface area contributed by atoms with Crippen molar-refractivity contribution < 1.29 is 12.8 Å². The van der Waals surface area contributed by atoms with Gasteiger partial charge in [0, 0.05) is 25.5 Å². The van der Waals surface area contributed by atoms with E-state index in [1.165, 1.54) is 18.2 Å². The minimum absolute atomic E-state index is 0.149. The van der Waals surface area contributed by atoms with Crippen LogP contribution in [0.1, 0.15) is 0 Å². The molecule has 0 amide bonds. The Balaban J connectivity index is 1.87. The minimum Gasteiger partial charge on any atom is -0.378 e. The zero-order valence-electron chi connectivity index (χ0n) is 14.5. The summed E-state index contributed by atoms with van der Waals surface area (Å²) in [6.45, 7) is 0. The quantitative estimate of drug-likeness (QED) is 0.726. The van der Waals surface area contributed by atoms with E-state index in [0.717, 1.165) is 11.3 Å². The molecule has 0 fully saturated rings. The van der Waals surface area contributed by atoms with E-state index in [1.54, 1.807) is 42.5 Å². The Morgan fingerprint density at radius 1 is 0.846 bits per heavy atom. The van der Waals surface area contributed by atoms with Crippen molar-refractivity contribution in [1.29, 1.82) is 0 Å². The van der Waals surface area contributed by atoms with Crippen LogP contribution in [0.5, 0.6) is 0 Å². The molecule has 0 aliphatic carbocycles. The molecule has 0 aliphatic rings. The highest BCUT2D eigenvalue weighted by atomic mass is 32.2. The normalized spacial score (nSPS) is 11.2. The highest BCUT2D eigenvalue weighted by Gasteiger charge is 2.15. The molecule has 3 aromatic carbocycles. The standard InChI is InChI=1S/C20H19FN2O2S/c1-23(2)19-12-10-18(11-13-19)22-26(24,25)20-5-3-4-16(14-20)15-6-8-17(21)9-7-15/h3-14,22H,1-2H3. The first-order valence-electron chi connectivity index (χ1n) is 8.01. The van der Waals surface area contributed by atoms with Gasteiger partial charge in [-0.2, -0.15) is 0 Å². The first kappa shape index (κ1) is 17.9. The molecule has 134 valence electrons. The molecule has 3 aromatic rings. The number of nitrogens with one attached hydrogen (secondary N) is 1. The Morgan fingerprint density at radius 3 is 2.12 bits per heavy atom. The fraction of sp³-hybridized carbons (Fsp3) is 0.100. The zero-order chi connectivity index (χ0) is 18.7. The zero-order valence-corrected chi connectivity index (χ0v) is 15.3. The first-order chi connectivity index (χ1) is 12.3. The Labute approximate surface area is 153 Å². The predicted molar refractivity (Wildman–Crippen MR) is 103 cm³/mol. The van der Waals surface area contributed by atoms with Crippen LogP contribution in [0.4, 0.5) is 15.8 Å². The summed E-state index contributed by atoms with van der Waals surface area (Å²) in [6, 6.07) is 19.6. The molecule has 0 atom stereocenters. The van der Waals surface area contributed by atoms with Crippen molar-refractivity contribution in [3.8, 4) is 11.1 Å². The number of rotatable bonds is 5. The smallest absolute Gasteiger partial charge is 0.261 e. The van der Waals surface area contributed by atoms with Crippen molar-refractivity contribution in [2.45, 2.75) is 4.90 Å². The SMILES string of the molecule is CN(C)c1ccc(NS(=O)(=O)c2cccc(-c3ccc(F)cc3)c2)cc1. The van der Waals surface area contributed by atoms with Gasteiger partial charge in [-0.15, -0.1) is 0 Å². The van der Waals surface area contributed by atoms with Crippen molar-refractivity contribution >= 4 is 21.4 Å². The molecule has 0 radical (unpaired) electrons. The monoisotopic (exact) mass is 370 g/mol. The molecule has 6 heteroatoms. The minimum atomic E-state index is -3.72. The second-order valence-electron chi connectivity index (χ2n) is 6.08. The fourth-order valence-corrected chi connectivity index (χ4v) is 3.63. The summed E-state index contributed by atoms with van der Waals surface area (Å²) in [5.74, 6) is -0.333. The molecule has 0 bridgehead atoms. The van der Waals surface area contributed by atoms with Crippen LogP contribution in [0, 0.1) is 5.82 Å². The summed E-state index contributed by atoms with van der Waals surface area (Å²) in [5, 5.41) is 0. The van der Waals surface area contributed by atoms with E-state index < -0.39 is 10.0 Å². The maximum absolute atomic E-state index is 13.1. The second kappa shape index (κ2) is 7.17. The van der Waals surface area contributed by atoms with Gasteiger partial charge < -0.3 is 4.90 Å². The third kappa shape index (κ3) is 4.03. The summed E-state index contributed by atoms with van der Waals surface area (Å²) >= 11 is 0. The molecule has 0 aliphatic heterocycles. The summed E-state index contributed by atoms with van der Waals surface area (Å²) in [5.41, 5.74) is 2.92. The molecular weight excluding hydrogens is 351 g/mol. The Bertz CT molecular complexity index is 999. The second-order valence-corrected chi connectivity index (χ2v) is 7.76. The molecule has 0 heterocycles. The van der Waals surface area contributed by atoms with E-state index in [4.69, 9.17) is 0 Å². The Morgan fingerprint density at radius 2 is 1.50 bits per heavy atom. The molecular formula is C20H19FN2O2S. The van der Waals surface area contributed by atoms with E-state index in [0.29, 0.717) is 11.3 Å². The Hall–Kier alpha value is -2.86. The summed E-state index contributed by atoms with van der Waals surface area (Å²) < 4.78 is 41.0. The number of halogens is 1. The molecule has 0 saturated carbocycles. The largest absolute Gasteiger partial charge is 0.378 e. The highest BCUT2D eigenvalue weighted by Crippen LogP contribution is 2.25. The van der Waals surface area contributed by atoms with Gasteiger partial charge in [0.2, 0.25) is 0 Å². The van der Waals surface area contributed by atoms with Gasteiger partial charge >= 0.3 is 0 Å². The third-order valence-corrected chi connectivity index (χ3v) is 5.34. The summed E-state index contributed by atoms with van der Waals surface area (Å²) in [7, 11) is 0.111. The summed E-state index contributed by atoms with van der Waals surface area (Å²) in [4.78, 5) is 2.08. The van der Waals surface area contributed by atoms with E-state index in [2.05, 4.69) is 4.72 Å². The molecule has 4 nitrogen and oxygen atoms in total. The van der Waals surface area contributed by atoms with E-state index in [1.807, 2.05) is 31.1 Å². The number of anilines is 2. The number of hydrogen-bond donors (Lipinski definition) is 1. The van der Waals surface area contributed by atoms with Crippen molar-refractivity contribution in [1.82, 2.24) is 0 Å².